The maximum Gasteiger partial charge on any atom is 0.421 e. The predicted octanol–water partition coefficient (Wildman–Crippen LogP) is 6.18. The van der Waals surface area contributed by atoms with Gasteiger partial charge in [0.05, 0.1) is 0 Å². The molecule has 1 atom stereocenters. The van der Waals surface area contributed by atoms with Gasteiger partial charge in [0, 0.05) is 25.3 Å². The van der Waals surface area contributed by atoms with Gasteiger partial charge in [0.15, 0.2) is 14.7 Å². The van der Waals surface area contributed by atoms with Gasteiger partial charge >= 0.3 is 6.18 Å². The maximum absolute atomic E-state index is 13.7. The molecule has 1 unspecified atom stereocenters. The van der Waals surface area contributed by atoms with Gasteiger partial charge in [-0.05, 0) is 49.4 Å². The van der Waals surface area contributed by atoms with Crippen molar-refractivity contribution in [2.75, 3.05) is 19.0 Å². The minimum absolute atomic E-state index is 0.303. The van der Waals surface area contributed by atoms with E-state index in [0.717, 1.165) is 21.0 Å². The molecule has 0 heterocycles. The average Bonchev–Trinajstić information content (AvgIpc) is 2.63. The highest BCUT2D eigenvalue weighted by Gasteiger charge is 2.42. The van der Waals surface area contributed by atoms with Gasteiger partial charge in [-0.25, -0.2) is 0 Å². The molecule has 0 aromatic heterocycles. The van der Waals surface area contributed by atoms with Crippen LogP contribution in [0.1, 0.15) is 11.1 Å². The lowest BCUT2D eigenvalue weighted by molar-refractivity contribution is -0.139. The third-order valence-corrected chi connectivity index (χ3v) is 6.75. The molecule has 0 aliphatic carbocycles. The number of benzene rings is 3. The summed E-state index contributed by atoms with van der Waals surface area (Å²) < 4.78 is 41.1. The molecule has 0 N–H and O–H groups in total. The Labute approximate surface area is 160 Å². The van der Waals surface area contributed by atoms with Crippen molar-refractivity contribution in [3.8, 4) is 0 Å². The average molecular weight is 388 g/mol. The molecule has 0 fully saturated rings. The first kappa shape index (κ1) is 19.4. The quantitative estimate of drug-likeness (QED) is 0.483. The molecule has 3 aromatic rings. The fourth-order valence-corrected chi connectivity index (χ4v) is 5.29. The highest BCUT2D eigenvalue weighted by atomic mass is 32.2. The zero-order valence-corrected chi connectivity index (χ0v) is 16.2. The maximum atomic E-state index is 13.7. The van der Waals surface area contributed by atoms with Crippen LogP contribution in [-0.4, -0.2) is 14.1 Å². The molecule has 0 amide bonds. The second-order valence-corrected chi connectivity index (χ2v) is 8.42. The van der Waals surface area contributed by atoms with Gasteiger partial charge in [-0.3, -0.25) is 0 Å². The van der Waals surface area contributed by atoms with E-state index in [2.05, 4.69) is 0 Å². The lowest BCUT2D eigenvalue weighted by Gasteiger charge is -2.16. The van der Waals surface area contributed by atoms with Gasteiger partial charge in [0.25, 0.3) is 0 Å². The first-order valence-electron chi connectivity index (χ1n) is 8.52. The molecule has 3 aromatic carbocycles. The Morgan fingerprint density at radius 3 is 1.85 bits per heavy atom. The lowest BCUT2D eigenvalue weighted by Crippen LogP contribution is -2.15. The zero-order valence-electron chi connectivity index (χ0n) is 15.4. The molecule has 0 radical (unpaired) electrons. The van der Waals surface area contributed by atoms with Crippen molar-refractivity contribution in [1.82, 2.24) is 0 Å². The molecule has 3 rings (SSSR count). The van der Waals surface area contributed by atoms with Gasteiger partial charge in [-0.2, -0.15) is 13.2 Å². The Bertz CT molecular complexity index is 917. The second kappa shape index (κ2) is 7.69. The Balaban J connectivity index is 2.23. The number of aryl methyl sites for hydroxylation is 1. The van der Waals surface area contributed by atoms with E-state index in [1.165, 1.54) is 12.1 Å². The minimum atomic E-state index is -4.39. The molecule has 27 heavy (non-hydrogen) atoms. The van der Waals surface area contributed by atoms with Gasteiger partial charge in [-0.1, -0.05) is 30.3 Å². The van der Waals surface area contributed by atoms with Gasteiger partial charge in [0.2, 0.25) is 0 Å². The molecule has 140 valence electrons. The summed E-state index contributed by atoms with van der Waals surface area (Å²) in [5.74, 6) is 0. The van der Waals surface area contributed by atoms with E-state index in [0.29, 0.717) is 4.90 Å². The number of anilines is 1. The van der Waals surface area contributed by atoms with E-state index in [1.54, 1.807) is 12.1 Å². The molecule has 0 bridgehead atoms. The standard InChI is InChI=1S/C22H21F3NS/c1-16-8-4-6-10-20(16)27(18-14-12-17(13-15-18)26(2)3)21-11-7-5-9-19(21)22(23,24)25/h4-15H,1-3H3/q+1. The van der Waals surface area contributed by atoms with E-state index in [9.17, 15) is 13.2 Å². The van der Waals surface area contributed by atoms with Crippen molar-refractivity contribution in [3.05, 3.63) is 83.9 Å². The Kier molecular flexibility index (Phi) is 5.51. The van der Waals surface area contributed by atoms with E-state index in [-0.39, 0.29) is 0 Å². The summed E-state index contributed by atoms with van der Waals surface area (Å²) in [6.45, 7) is 1.94. The number of hydrogen-bond donors (Lipinski definition) is 0. The molecule has 0 saturated heterocycles. The summed E-state index contributed by atoms with van der Waals surface area (Å²) in [6, 6.07) is 21.3. The van der Waals surface area contributed by atoms with Crippen molar-refractivity contribution in [1.29, 1.82) is 0 Å². The van der Waals surface area contributed by atoms with Crippen molar-refractivity contribution in [2.24, 2.45) is 0 Å². The first-order chi connectivity index (χ1) is 12.8. The summed E-state index contributed by atoms with van der Waals surface area (Å²) >= 11 is 0. The molecular weight excluding hydrogens is 367 g/mol. The second-order valence-electron chi connectivity index (χ2n) is 6.45. The summed E-state index contributed by atoms with van der Waals surface area (Å²) in [5, 5.41) is 0. The van der Waals surface area contributed by atoms with E-state index >= 15 is 0 Å². The van der Waals surface area contributed by atoms with Crippen molar-refractivity contribution < 1.29 is 13.2 Å². The summed E-state index contributed by atoms with van der Waals surface area (Å²) in [7, 11) is 3.03. The summed E-state index contributed by atoms with van der Waals surface area (Å²) in [6.07, 6.45) is -4.39. The van der Waals surface area contributed by atoms with Gasteiger partial charge in [0.1, 0.15) is 16.5 Å². The van der Waals surface area contributed by atoms with Crippen LogP contribution < -0.4 is 4.90 Å². The van der Waals surface area contributed by atoms with Crippen LogP contribution in [-0.2, 0) is 17.1 Å². The molecule has 5 heteroatoms. The number of rotatable bonds is 4. The van der Waals surface area contributed by atoms with E-state index in [1.807, 2.05) is 74.4 Å². The van der Waals surface area contributed by atoms with E-state index in [4.69, 9.17) is 0 Å². The molecule has 0 aliphatic heterocycles. The largest absolute Gasteiger partial charge is 0.421 e. The fraction of sp³-hybridized carbons (Fsp3) is 0.182. The number of halogens is 3. The Morgan fingerprint density at radius 1 is 0.741 bits per heavy atom. The molecule has 1 nitrogen and oxygen atoms in total. The van der Waals surface area contributed by atoms with Crippen LogP contribution in [0.15, 0.2) is 87.5 Å². The summed E-state index contributed by atoms with van der Waals surface area (Å²) in [5.41, 5.74) is 1.42. The number of alkyl halides is 3. The number of hydrogen-bond acceptors (Lipinski definition) is 1. The molecular formula is C22H21F3NS+. The third-order valence-electron chi connectivity index (χ3n) is 4.31. The zero-order chi connectivity index (χ0) is 19.6. The number of nitrogens with zero attached hydrogens (tertiary/aromatic N) is 1. The monoisotopic (exact) mass is 388 g/mol. The fourth-order valence-electron chi connectivity index (χ4n) is 2.92. The highest BCUT2D eigenvalue weighted by Crippen LogP contribution is 2.41. The molecule has 0 spiro atoms. The van der Waals surface area contributed by atoms with Crippen molar-refractivity contribution in [3.63, 3.8) is 0 Å². The van der Waals surface area contributed by atoms with Crippen LogP contribution >= 0.6 is 0 Å². The van der Waals surface area contributed by atoms with Gasteiger partial charge in [-0.15, -0.1) is 0 Å². The van der Waals surface area contributed by atoms with Crippen molar-refractivity contribution >= 4 is 16.6 Å². The van der Waals surface area contributed by atoms with Crippen LogP contribution in [0.2, 0.25) is 0 Å². The topological polar surface area (TPSA) is 3.24 Å². The van der Waals surface area contributed by atoms with Crippen LogP contribution in [0.25, 0.3) is 0 Å². The van der Waals surface area contributed by atoms with Crippen LogP contribution in [0, 0.1) is 6.92 Å². The SMILES string of the molecule is Cc1ccccc1[S+](c1ccc(N(C)C)cc1)c1ccccc1C(F)(F)F. The Hall–Kier alpha value is -2.40. The van der Waals surface area contributed by atoms with Crippen molar-refractivity contribution in [2.45, 2.75) is 27.8 Å². The third kappa shape index (κ3) is 4.14. The first-order valence-corrected chi connectivity index (χ1v) is 9.75. The van der Waals surface area contributed by atoms with Crippen LogP contribution in [0.5, 0.6) is 0 Å². The van der Waals surface area contributed by atoms with Gasteiger partial charge < -0.3 is 4.90 Å². The highest BCUT2D eigenvalue weighted by molar-refractivity contribution is 7.97. The smallest absolute Gasteiger partial charge is 0.378 e. The lowest BCUT2D eigenvalue weighted by atomic mass is 10.2. The molecule has 0 saturated carbocycles. The van der Waals surface area contributed by atoms with Crippen LogP contribution in [0.4, 0.5) is 18.9 Å². The normalized spacial score (nSPS) is 12.7. The van der Waals surface area contributed by atoms with Crippen LogP contribution in [0.3, 0.4) is 0 Å². The Morgan fingerprint density at radius 2 is 1.30 bits per heavy atom. The van der Waals surface area contributed by atoms with E-state index < -0.39 is 22.6 Å². The summed E-state index contributed by atoms with van der Waals surface area (Å²) in [4.78, 5) is 4.05. The minimum Gasteiger partial charge on any atom is -0.378 e. The predicted molar refractivity (Wildman–Crippen MR) is 106 cm³/mol. The molecule has 0 aliphatic rings.